The molecule has 3 rings (SSSR count). The Morgan fingerprint density at radius 3 is 2.56 bits per heavy atom. The number of piperidine rings is 1. The minimum atomic E-state index is 0. The van der Waals surface area contributed by atoms with Crippen LogP contribution in [-0.2, 0) is 4.74 Å². The minimum absolute atomic E-state index is 0. The van der Waals surface area contributed by atoms with Crippen LogP contribution >= 0.6 is 24.0 Å². The summed E-state index contributed by atoms with van der Waals surface area (Å²) in [6.45, 7) is 11.5. The molecule has 146 valence electrons. The minimum Gasteiger partial charge on any atom is -0.377 e. The SMILES string of the molecule is CCCCN1CCC(NC(=NC)NC2C3CCOC3C2(C)C)CC1.I. The molecule has 1 aliphatic carbocycles. The van der Waals surface area contributed by atoms with Crippen LogP contribution < -0.4 is 10.6 Å². The number of hydrogen-bond acceptors (Lipinski definition) is 3. The highest BCUT2D eigenvalue weighted by atomic mass is 127. The van der Waals surface area contributed by atoms with Gasteiger partial charge >= 0.3 is 0 Å². The van der Waals surface area contributed by atoms with Gasteiger partial charge < -0.3 is 20.3 Å². The molecule has 1 saturated carbocycles. The number of hydrogen-bond donors (Lipinski definition) is 2. The number of unbranched alkanes of at least 4 members (excludes halogenated alkanes) is 1. The monoisotopic (exact) mass is 464 g/mol. The van der Waals surface area contributed by atoms with Crippen LogP contribution in [-0.4, -0.2) is 62.3 Å². The van der Waals surface area contributed by atoms with E-state index in [0.717, 1.165) is 12.6 Å². The fourth-order valence-electron chi connectivity index (χ4n) is 4.81. The van der Waals surface area contributed by atoms with Crippen molar-refractivity contribution in [2.75, 3.05) is 33.3 Å². The van der Waals surface area contributed by atoms with Crippen molar-refractivity contribution in [2.24, 2.45) is 16.3 Å². The number of halogens is 1. The van der Waals surface area contributed by atoms with Crippen LogP contribution in [0.25, 0.3) is 0 Å². The Balaban J connectivity index is 0.00000225. The van der Waals surface area contributed by atoms with Crippen LogP contribution in [0.3, 0.4) is 0 Å². The molecular formula is C19H37IN4O. The summed E-state index contributed by atoms with van der Waals surface area (Å²) in [4.78, 5) is 7.10. The van der Waals surface area contributed by atoms with Gasteiger partial charge in [-0.05, 0) is 32.2 Å². The van der Waals surface area contributed by atoms with Gasteiger partial charge in [-0.25, -0.2) is 0 Å². The molecule has 2 N–H and O–H groups in total. The van der Waals surface area contributed by atoms with Crippen molar-refractivity contribution in [1.29, 1.82) is 0 Å². The summed E-state index contributed by atoms with van der Waals surface area (Å²) in [6.07, 6.45) is 6.65. The van der Waals surface area contributed by atoms with Gasteiger partial charge in [0.05, 0.1) is 6.10 Å². The van der Waals surface area contributed by atoms with E-state index in [4.69, 9.17) is 4.74 Å². The van der Waals surface area contributed by atoms with Crippen molar-refractivity contribution in [2.45, 2.75) is 71.1 Å². The molecular weight excluding hydrogens is 427 g/mol. The standard InChI is InChI=1S/C19H36N4O.HI/c1-5-6-10-23-11-7-14(8-12-23)21-18(20-4)22-16-15-9-13-24-17(15)19(16,2)3;/h14-17H,5-13H2,1-4H3,(H2,20,21,22);1H. The Morgan fingerprint density at radius 1 is 1.20 bits per heavy atom. The Hall–Kier alpha value is -0.0800. The largest absolute Gasteiger partial charge is 0.377 e. The average molecular weight is 464 g/mol. The third kappa shape index (κ3) is 4.61. The molecule has 5 nitrogen and oxygen atoms in total. The molecule has 3 unspecified atom stereocenters. The van der Waals surface area contributed by atoms with E-state index in [0.29, 0.717) is 24.1 Å². The Labute approximate surface area is 170 Å². The highest BCUT2D eigenvalue weighted by Crippen LogP contribution is 2.52. The summed E-state index contributed by atoms with van der Waals surface area (Å²) in [5, 5.41) is 7.37. The first-order chi connectivity index (χ1) is 11.6. The Kier molecular flexibility index (Phi) is 7.83. The van der Waals surface area contributed by atoms with E-state index in [2.05, 4.69) is 41.3 Å². The fourth-order valence-corrected chi connectivity index (χ4v) is 4.81. The van der Waals surface area contributed by atoms with Gasteiger partial charge in [0.15, 0.2) is 5.96 Å². The highest BCUT2D eigenvalue weighted by molar-refractivity contribution is 14.0. The maximum Gasteiger partial charge on any atom is 0.191 e. The lowest BCUT2D eigenvalue weighted by Gasteiger charge is -2.55. The number of likely N-dealkylation sites (tertiary alicyclic amines) is 1. The van der Waals surface area contributed by atoms with Crippen molar-refractivity contribution in [3.05, 3.63) is 0 Å². The summed E-state index contributed by atoms with van der Waals surface area (Å²) in [7, 11) is 1.89. The van der Waals surface area contributed by atoms with E-state index in [9.17, 15) is 0 Å². The third-order valence-electron chi connectivity index (χ3n) is 6.37. The summed E-state index contributed by atoms with van der Waals surface area (Å²) >= 11 is 0. The van der Waals surface area contributed by atoms with Crippen LogP contribution in [0.5, 0.6) is 0 Å². The van der Waals surface area contributed by atoms with E-state index in [-0.39, 0.29) is 29.4 Å². The molecule has 2 heterocycles. The van der Waals surface area contributed by atoms with E-state index in [1.54, 1.807) is 0 Å². The second-order valence-electron chi connectivity index (χ2n) is 8.37. The first-order valence-electron chi connectivity index (χ1n) is 9.90. The van der Waals surface area contributed by atoms with Crippen LogP contribution in [0.1, 0.15) is 52.9 Å². The number of nitrogens with zero attached hydrogens (tertiary/aromatic N) is 2. The van der Waals surface area contributed by atoms with Crippen molar-refractivity contribution in [3.63, 3.8) is 0 Å². The first-order valence-corrected chi connectivity index (χ1v) is 9.90. The van der Waals surface area contributed by atoms with Gasteiger partial charge in [0.2, 0.25) is 0 Å². The quantitative estimate of drug-likeness (QED) is 0.373. The molecule has 6 heteroatoms. The summed E-state index contributed by atoms with van der Waals surface area (Å²) in [5.41, 5.74) is 0.197. The smallest absolute Gasteiger partial charge is 0.191 e. The van der Waals surface area contributed by atoms with Gasteiger partial charge in [-0.15, -0.1) is 24.0 Å². The molecule has 0 amide bonds. The van der Waals surface area contributed by atoms with Crippen LogP contribution in [0.4, 0.5) is 0 Å². The second-order valence-corrected chi connectivity index (χ2v) is 8.37. The molecule has 0 aromatic carbocycles. The maximum atomic E-state index is 5.90. The molecule has 3 aliphatic rings. The van der Waals surface area contributed by atoms with Crippen molar-refractivity contribution in [3.8, 4) is 0 Å². The van der Waals surface area contributed by atoms with Crippen molar-refractivity contribution in [1.82, 2.24) is 15.5 Å². The van der Waals surface area contributed by atoms with Gasteiger partial charge in [-0.3, -0.25) is 4.99 Å². The van der Waals surface area contributed by atoms with Gasteiger partial charge in [0.25, 0.3) is 0 Å². The first kappa shape index (κ1) is 21.2. The molecule has 0 aromatic heterocycles. The topological polar surface area (TPSA) is 48.9 Å². The number of rotatable bonds is 5. The maximum absolute atomic E-state index is 5.90. The van der Waals surface area contributed by atoms with Gasteiger partial charge in [0, 0.05) is 50.2 Å². The normalized spacial score (nSPS) is 32.5. The lowest BCUT2D eigenvalue weighted by atomic mass is 9.57. The molecule has 0 radical (unpaired) electrons. The van der Waals surface area contributed by atoms with Crippen LogP contribution in [0.15, 0.2) is 4.99 Å². The van der Waals surface area contributed by atoms with E-state index >= 15 is 0 Å². The molecule has 3 fully saturated rings. The van der Waals surface area contributed by atoms with Crippen molar-refractivity contribution < 1.29 is 4.74 Å². The number of nitrogens with one attached hydrogen (secondary N) is 2. The zero-order chi connectivity index (χ0) is 17.2. The van der Waals surface area contributed by atoms with Crippen LogP contribution in [0.2, 0.25) is 0 Å². The summed E-state index contributed by atoms with van der Waals surface area (Å²) in [6, 6.07) is 1.02. The van der Waals surface area contributed by atoms with Crippen LogP contribution in [0, 0.1) is 11.3 Å². The molecule has 2 aliphatic heterocycles. The van der Waals surface area contributed by atoms with Gasteiger partial charge in [-0.1, -0.05) is 27.2 Å². The number of ether oxygens (including phenoxy) is 1. The lowest BCUT2D eigenvalue weighted by Crippen LogP contribution is -2.68. The van der Waals surface area contributed by atoms with Gasteiger partial charge in [-0.2, -0.15) is 0 Å². The Morgan fingerprint density at radius 2 is 1.92 bits per heavy atom. The van der Waals surface area contributed by atoms with E-state index < -0.39 is 0 Å². The number of fused-ring (bicyclic) bond motifs is 1. The third-order valence-corrected chi connectivity index (χ3v) is 6.37. The average Bonchev–Trinajstić information content (AvgIpc) is 3.04. The molecule has 0 aromatic rings. The molecule has 3 atom stereocenters. The molecule has 2 saturated heterocycles. The molecule has 25 heavy (non-hydrogen) atoms. The Bertz CT molecular complexity index is 449. The predicted molar refractivity (Wildman–Crippen MR) is 115 cm³/mol. The highest BCUT2D eigenvalue weighted by Gasteiger charge is 2.59. The predicted octanol–water partition coefficient (Wildman–Crippen LogP) is 2.85. The molecule has 0 spiro atoms. The van der Waals surface area contributed by atoms with E-state index in [1.165, 1.54) is 51.7 Å². The zero-order valence-corrected chi connectivity index (χ0v) is 18.7. The summed E-state index contributed by atoms with van der Waals surface area (Å²) in [5.74, 6) is 1.62. The molecule has 0 bridgehead atoms. The van der Waals surface area contributed by atoms with E-state index in [1.807, 2.05) is 7.05 Å². The number of guanidine groups is 1. The van der Waals surface area contributed by atoms with Crippen molar-refractivity contribution >= 4 is 29.9 Å². The lowest BCUT2D eigenvalue weighted by molar-refractivity contribution is -0.106. The number of aliphatic imine (C=N–C) groups is 1. The zero-order valence-electron chi connectivity index (χ0n) is 16.4. The summed E-state index contributed by atoms with van der Waals surface area (Å²) < 4.78 is 5.90. The second kappa shape index (κ2) is 9.22. The fraction of sp³-hybridized carbons (Fsp3) is 0.947. The van der Waals surface area contributed by atoms with Gasteiger partial charge in [0.1, 0.15) is 0 Å².